The molecule has 0 unspecified atom stereocenters. The largest absolute Gasteiger partial charge is 0.319 e. The molecule has 0 saturated carbocycles. The molecule has 0 fully saturated rings. The molecule has 0 radical (unpaired) electrons. The fourth-order valence-corrected chi connectivity index (χ4v) is 1.48. The van der Waals surface area contributed by atoms with E-state index < -0.39 is 0 Å². The van der Waals surface area contributed by atoms with Crippen LogP contribution in [0.2, 0.25) is 5.15 Å². The van der Waals surface area contributed by atoms with Crippen molar-refractivity contribution in [3.05, 3.63) is 46.2 Å². The fourth-order valence-electron chi connectivity index (χ4n) is 1.10. The van der Waals surface area contributed by atoms with Gasteiger partial charge in [-0.2, -0.15) is 0 Å². The lowest BCUT2D eigenvalue weighted by Gasteiger charge is -2.03. The summed E-state index contributed by atoms with van der Waals surface area (Å²) in [6, 6.07) is 3.44. The van der Waals surface area contributed by atoms with Crippen molar-refractivity contribution in [1.29, 1.82) is 0 Å². The number of rotatable bonds is 2. The SMILES string of the molecule is O=C(Nc1ccc(Br)nc1)c1cncc(Cl)n1. The highest BCUT2D eigenvalue weighted by Gasteiger charge is 2.08. The number of hydrogen-bond acceptors (Lipinski definition) is 4. The lowest BCUT2D eigenvalue weighted by molar-refractivity contribution is 0.102. The second-order valence-electron chi connectivity index (χ2n) is 3.05. The van der Waals surface area contributed by atoms with E-state index in [0.717, 1.165) is 0 Å². The monoisotopic (exact) mass is 312 g/mol. The standard InChI is InChI=1S/C10H6BrClN4O/c11-8-2-1-6(3-14-8)15-10(17)7-4-13-5-9(12)16-7/h1-5H,(H,15,17). The first-order chi connectivity index (χ1) is 8.15. The van der Waals surface area contributed by atoms with Gasteiger partial charge in [-0.05, 0) is 28.1 Å². The molecule has 0 aliphatic rings. The number of aromatic nitrogens is 3. The van der Waals surface area contributed by atoms with E-state index in [9.17, 15) is 4.79 Å². The minimum atomic E-state index is -0.385. The van der Waals surface area contributed by atoms with Crippen LogP contribution in [0.15, 0.2) is 35.3 Å². The number of nitrogens with zero attached hydrogens (tertiary/aromatic N) is 3. The molecule has 17 heavy (non-hydrogen) atoms. The maximum atomic E-state index is 11.7. The van der Waals surface area contributed by atoms with Crippen LogP contribution in [0.25, 0.3) is 0 Å². The van der Waals surface area contributed by atoms with Crippen molar-refractivity contribution in [2.75, 3.05) is 5.32 Å². The number of carbonyl (C=O) groups excluding carboxylic acids is 1. The molecule has 86 valence electrons. The quantitative estimate of drug-likeness (QED) is 0.865. The van der Waals surface area contributed by atoms with Crippen molar-refractivity contribution in [3.8, 4) is 0 Å². The summed E-state index contributed by atoms with van der Waals surface area (Å²) in [5.74, 6) is -0.385. The molecule has 0 saturated heterocycles. The van der Waals surface area contributed by atoms with Gasteiger partial charge >= 0.3 is 0 Å². The van der Waals surface area contributed by atoms with Gasteiger partial charge in [-0.3, -0.25) is 9.78 Å². The predicted molar refractivity (Wildman–Crippen MR) is 66.9 cm³/mol. The van der Waals surface area contributed by atoms with Crippen LogP contribution in [0.4, 0.5) is 5.69 Å². The summed E-state index contributed by atoms with van der Waals surface area (Å²) in [5, 5.41) is 2.80. The van der Waals surface area contributed by atoms with Gasteiger partial charge in [0.05, 0.1) is 24.3 Å². The van der Waals surface area contributed by atoms with Crippen molar-refractivity contribution < 1.29 is 4.79 Å². The number of carbonyl (C=O) groups is 1. The maximum Gasteiger partial charge on any atom is 0.275 e. The van der Waals surface area contributed by atoms with E-state index in [-0.39, 0.29) is 16.8 Å². The first-order valence-electron chi connectivity index (χ1n) is 4.55. The van der Waals surface area contributed by atoms with Crippen LogP contribution in [0, 0.1) is 0 Å². The Labute approximate surface area is 110 Å². The Kier molecular flexibility index (Phi) is 3.65. The van der Waals surface area contributed by atoms with Gasteiger partial charge in [-0.15, -0.1) is 0 Å². The van der Waals surface area contributed by atoms with Crippen molar-refractivity contribution in [3.63, 3.8) is 0 Å². The van der Waals surface area contributed by atoms with E-state index in [0.29, 0.717) is 10.3 Å². The summed E-state index contributed by atoms with van der Waals surface area (Å²) >= 11 is 8.84. The number of nitrogens with one attached hydrogen (secondary N) is 1. The van der Waals surface area contributed by atoms with Gasteiger partial charge in [0.2, 0.25) is 0 Å². The number of anilines is 1. The summed E-state index contributed by atoms with van der Waals surface area (Å²) in [7, 11) is 0. The summed E-state index contributed by atoms with van der Waals surface area (Å²) in [4.78, 5) is 23.4. The third-order valence-electron chi connectivity index (χ3n) is 1.82. The Morgan fingerprint density at radius 2 is 2.12 bits per heavy atom. The molecule has 0 aliphatic carbocycles. The molecule has 0 spiro atoms. The number of pyridine rings is 1. The Morgan fingerprint density at radius 1 is 1.29 bits per heavy atom. The van der Waals surface area contributed by atoms with Gasteiger partial charge in [-0.1, -0.05) is 11.6 Å². The van der Waals surface area contributed by atoms with Crippen molar-refractivity contribution in [2.45, 2.75) is 0 Å². The van der Waals surface area contributed by atoms with Gasteiger partial charge in [0, 0.05) is 0 Å². The minimum Gasteiger partial charge on any atom is -0.319 e. The zero-order chi connectivity index (χ0) is 12.3. The van der Waals surface area contributed by atoms with Crippen LogP contribution in [0.5, 0.6) is 0 Å². The molecule has 2 heterocycles. The Bertz CT molecular complexity index is 546. The average molecular weight is 314 g/mol. The number of halogens is 2. The second-order valence-corrected chi connectivity index (χ2v) is 4.25. The van der Waals surface area contributed by atoms with Crippen LogP contribution >= 0.6 is 27.5 Å². The molecule has 2 aromatic heterocycles. The maximum absolute atomic E-state index is 11.7. The zero-order valence-electron chi connectivity index (χ0n) is 8.39. The Balaban J connectivity index is 2.14. The highest BCUT2D eigenvalue weighted by Crippen LogP contribution is 2.11. The van der Waals surface area contributed by atoms with E-state index in [4.69, 9.17) is 11.6 Å². The van der Waals surface area contributed by atoms with E-state index in [1.807, 2.05) is 0 Å². The van der Waals surface area contributed by atoms with Crippen molar-refractivity contribution in [1.82, 2.24) is 15.0 Å². The summed E-state index contributed by atoms with van der Waals surface area (Å²) in [6.07, 6.45) is 4.23. The molecule has 0 bridgehead atoms. The smallest absolute Gasteiger partial charge is 0.275 e. The highest BCUT2D eigenvalue weighted by atomic mass is 79.9. The van der Waals surface area contributed by atoms with E-state index in [2.05, 4.69) is 36.2 Å². The van der Waals surface area contributed by atoms with Crippen molar-refractivity contribution in [2.24, 2.45) is 0 Å². The summed E-state index contributed by atoms with van der Waals surface area (Å²) in [6.45, 7) is 0. The molecule has 7 heteroatoms. The molecule has 1 amide bonds. The van der Waals surface area contributed by atoms with Crippen LogP contribution in [-0.4, -0.2) is 20.9 Å². The highest BCUT2D eigenvalue weighted by molar-refractivity contribution is 9.10. The molecular formula is C10H6BrClN4O. The van der Waals surface area contributed by atoms with E-state index in [1.165, 1.54) is 18.6 Å². The molecule has 2 rings (SSSR count). The number of amides is 1. The first-order valence-corrected chi connectivity index (χ1v) is 5.73. The third-order valence-corrected chi connectivity index (χ3v) is 2.47. The predicted octanol–water partition coefficient (Wildman–Crippen LogP) is 2.54. The normalized spacial score (nSPS) is 10.0. The summed E-state index contributed by atoms with van der Waals surface area (Å²) in [5.41, 5.74) is 0.723. The lowest BCUT2D eigenvalue weighted by atomic mass is 10.3. The van der Waals surface area contributed by atoms with Crippen LogP contribution < -0.4 is 5.32 Å². The molecule has 0 aromatic carbocycles. The van der Waals surface area contributed by atoms with Crippen LogP contribution in [0.1, 0.15) is 10.5 Å². The van der Waals surface area contributed by atoms with Crippen LogP contribution in [0.3, 0.4) is 0 Å². The summed E-state index contributed by atoms with van der Waals surface area (Å²) < 4.78 is 0.693. The lowest BCUT2D eigenvalue weighted by Crippen LogP contribution is -2.14. The van der Waals surface area contributed by atoms with Crippen LogP contribution in [-0.2, 0) is 0 Å². The fraction of sp³-hybridized carbons (Fsp3) is 0. The molecule has 0 aliphatic heterocycles. The average Bonchev–Trinajstić information content (AvgIpc) is 2.32. The Hall–Kier alpha value is -1.53. The number of hydrogen-bond donors (Lipinski definition) is 1. The van der Waals surface area contributed by atoms with Gasteiger partial charge in [0.25, 0.3) is 5.91 Å². The molecular weight excluding hydrogens is 307 g/mol. The van der Waals surface area contributed by atoms with Gasteiger partial charge in [-0.25, -0.2) is 9.97 Å². The molecule has 1 N–H and O–H groups in total. The first kappa shape index (κ1) is 11.9. The van der Waals surface area contributed by atoms with Gasteiger partial charge < -0.3 is 5.32 Å². The third kappa shape index (κ3) is 3.21. The molecule has 5 nitrogen and oxygen atoms in total. The topological polar surface area (TPSA) is 67.8 Å². The minimum absolute atomic E-state index is 0.153. The van der Waals surface area contributed by atoms with E-state index in [1.54, 1.807) is 12.1 Å². The van der Waals surface area contributed by atoms with Gasteiger partial charge in [0.15, 0.2) is 0 Å². The van der Waals surface area contributed by atoms with E-state index >= 15 is 0 Å². The van der Waals surface area contributed by atoms with Crippen molar-refractivity contribution >= 4 is 39.1 Å². The van der Waals surface area contributed by atoms with Gasteiger partial charge in [0.1, 0.15) is 15.5 Å². The Morgan fingerprint density at radius 3 is 2.76 bits per heavy atom. The molecule has 0 atom stereocenters. The molecule has 2 aromatic rings. The second kappa shape index (κ2) is 5.20. The zero-order valence-corrected chi connectivity index (χ0v) is 10.7.